The highest BCUT2D eigenvalue weighted by molar-refractivity contribution is 6.31. The standard InChI is InChI=1S/C8H4ClNO/c1-2-7-4-3-6(5-11)8(9)10-7/h1,3-5H. The molecule has 0 saturated heterocycles. The molecule has 0 unspecified atom stereocenters. The molecule has 0 N–H and O–H groups in total. The Labute approximate surface area is 69.2 Å². The van der Waals surface area contributed by atoms with Crippen molar-refractivity contribution in [2.75, 3.05) is 0 Å². The summed E-state index contributed by atoms with van der Waals surface area (Å²) in [6.07, 6.45) is 5.69. The molecular formula is C8H4ClNO. The monoisotopic (exact) mass is 165 g/mol. The number of hydrogen-bond donors (Lipinski definition) is 0. The second kappa shape index (κ2) is 3.18. The average Bonchev–Trinajstić information content (AvgIpc) is 2.04. The second-order valence-electron chi connectivity index (χ2n) is 1.84. The molecule has 1 aromatic heterocycles. The molecule has 0 aliphatic heterocycles. The Kier molecular flexibility index (Phi) is 2.25. The summed E-state index contributed by atoms with van der Waals surface area (Å²) in [6.45, 7) is 0. The zero-order valence-electron chi connectivity index (χ0n) is 5.54. The maximum atomic E-state index is 10.3. The van der Waals surface area contributed by atoms with Gasteiger partial charge in [0.1, 0.15) is 10.8 Å². The van der Waals surface area contributed by atoms with Gasteiger partial charge in [0.2, 0.25) is 0 Å². The number of pyridine rings is 1. The number of hydrogen-bond acceptors (Lipinski definition) is 2. The molecule has 0 aliphatic rings. The number of carbonyl (C=O) groups excluding carboxylic acids is 1. The molecule has 0 fully saturated rings. The van der Waals surface area contributed by atoms with E-state index in [0.717, 1.165) is 0 Å². The van der Waals surface area contributed by atoms with E-state index in [0.29, 0.717) is 17.5 Å². The van der Waals surface area contributed by atoms with E-state index < -0.39 is 0 Å². The van der Waals surface area contributed by atoms with Crippen molar-refractivity contribution in [3.8, 4) is 12.3 Å². The Morgan fingerprint density at radius 3 is 2.82 bits per heavy atom. The maximum absolute atomic E-state index is 10.3. The quantitative estimate of drug-likeness (QED) is 0.359. The number of nitrogens with zero attached hydrogens (tertiary/aromatic N) is 1. The van der Waals surface area contributed by atoms with Crippen molar-refractivity contribution >= 4 is 17.9 Å². The van der Waals surface area contributed by atoms with Gasteiger partial charge in [-0.25, -0.2) is 4.98 Å². The van der Waals surface area contributed by atoms with Gasteiger partial charge in [0.15, 0.2) is 6.29 Å². The number of aldehydes is 1. The Hall–Kier alpha value is -1.33. The highest BCUT2D eigenvalue weighted by atomic mass is 35.5. The molecule has 1 rings (SSSR count). The fraction of sp³-hybridized carbons (Fsp3) is 0. The highest BCUT2D eigenvalue weighted by Gasteiger charge is 1.99. The number of aromatic nitrogens is 1. The van der Waals surface area contributed by atoms with Crippen LogP contribution in [0.2, 0.25) is 5.15 Å². The largest absolute Gasteiger partial charge is 0.298 e. The molecule has 0 spiro atoms. The normalized spacial score (nSPS) is 8.73. The average molecular weight is 166 g/mol. The van der Waals surface area contributed by atoms with Crippen molar-refractivity contribution in [2.24, 2.45) is 0 Å². The van der Waals surface area contributed by atoms with Crippen LogP contribution in [0.25, 0.3) is 0 Å². The van der Waals surface area contributed by atoms with Gasteiger partial charge in [0.25, 0.3) is 0 Å². The molecule has 0 radical (unpaired) electrons. The zero-order valence-corrected chi connectivity index (χ0v) is 6.30. The number of carbonyl (C=O) groups is 1. The third-order valence-corrected chi connectivity index (χ3v) is 1.46. The van der Waals surface area contributed by atoms with Gasteiger partial charge in [-0.2, -0.15) is 0 Å². The first-order valence-corrected chi connectivity index (χ1v) is 3.24. The molecule has 1 aromatic rings. The van der Waals surface area contributed by atoms with Crippen molar-refractivity contribution in [3.63, 3.8) is 0 Å². The van der Waals surface area contributed by atoms with Crippen LogP contribution in [0.5, 0.6) is 0 Å². The van der Waals surface area contributed by atoms with E-state index in [2.05, 4.69) is 10.9 Å². The Morgan fingerprint density at radius 2 is 2.36 bits per heavy atom. The predicted molar refractivity (Wildman–Crippen MR) is 42.6 cm³/mol. The minimum Gasteiger partial charge on any atom is -0.298 e. The molecule has 0 saturated carbocycles. The summed E-state index contributed by atoms with van der Waals surface area (Å²) in [5.41, 5.74) is 0.784. The first-order chi connectivity index (χ1) is 5.27. The molecule has 0 bridgehead atoms. The second-order valence-corrected chi connectivity index (χ2v) is 2.20. The van der Waals surface area contributed by atoms with Crippen molar-refractivity contribution < 1.29 is 4.79 Å². The molecule has 11 heavy (non-hydrogen) atoms. The topological polar surface area (TPSA) is 30.0 Å². The van der Waals surface area contributed by atoms with E-state index in [4.69, 9.17) is 18.0 Å². The Balaban J connectivity index is 3.22. The third-order valence-electron chi connectivity index (χ3n) is 1.15. The summed E-state index contributed by atoms with van der Waals surface area (Å²) >= 11 is 5.57. The smallest absolute Gasteiger partial charge is 0.153 e. The van der Waals surface area contributed by atoms with Crippen LogP contribution in [-0.4, -0.2) is 11.3 Å². The molecule has 1 heterocycles. The molecule has 0 atom stereocenters. The van der Waals surface area contributed by atoms with Crippen LogP contribution in [0.1, 0.15) is 16.1 Å². The number of rotatable bonds is 1. The summed E-state index contributed by atoms with van der Waals surface area (Å²) in [6, 6.07) is 3.10. The lowest BCUT2D eigenvalue weighted by Crippen LogP contribution is -1.88. The van der Waals surface area contributed by atoms with Crippen LogP contribution in [0, 0.1) is 12.3 Å². The van der Waals surface area contributed by atoms with Crippen LogP contribution >= 0.6 is 11.6 Å². The van der Waals surface area contributed by atoms with Gasteiger partial charge in [-0.3, -0.25) is 4.79 Å². The van der Waals surface area contributed by atoms with Crippen molar-refractivity contribution in [3.05, 3.63) is 28.5 Å². The maximum Gasteiger partial charge on any atom is 0.153 e. The van der Waals surface area contributed by atoms with Crippen LogP contribution in [-0.2, 0) is 0 Å². The van der Waals surface area contributed by atoms with Crippen LogP contribution in [0.4, 0.5) is 0 Å². The van der Waals surface area contributed by atoms with Crippen LogP contribution in [0.15, 0.2) is 12.1 Å². The minimum absolute atomic E-state index is 0.149. The fourth-order valence-electron chi connectivity index (χ4n) is 0.613. The molecule has 0 aliphatic carbocycles. The molecule has 0 amide bonds. The van der Waals surface area contributed by atoms with Crippen molar-refractivity contribution in [2.45, 2.75) is 0 Å². The lowest BCUT2D eigenvalue weighted by atomic mass is 10.3. The van der Waals surface area contributed by atoms with Gasteiger partial charge < -0.3 is 0 Å². The van der Waals surface area contributed by atoms with E-state index >= 15 is 0 Å². The first-order valence-electron chi connectivity index (χ1n) is 2.86. The summed E-state index contributed by atoms with van der Waals surface area (Å²) in [5, 5.41) is 0.149. The zero-order chi connectivity index (χ0) is 8.27. The molecular weight excluding hydrogens is 162 g/mol. The van der Waals surface area contributed by atoms with E-state index in [-0.39, 0.29) is 5.15 Å². The van der Waals surface area contributed by atoms with Crippen molar-refractivity contribution in [1.82, 2.24) is 4.98 Å². The SMILES string of the molecule is C#Cc1ccc(C=O)c(Cl)n1. The Morgan fingerprint density at radius 1 is 1.64 bits per heavy atom. The summed E-state index contributed by atoms with van der Waals surface area (Å²) in [4.78, 5) is 14.0. The lowest BCUT2D eigenvalue weighted by molar-refractivity contribution is 0.112. The van der Waals surface area contributed by atoms with Crippen LogP contribution in [0.3, 0.4) is 0 Å². The molecule has 54 valence electrons. The first kappa shape index (κ1) is 7.77. The number of terminal acetylenes is 1. The van der Waals surface area contributed by atoms with Crippen LogP contribution < -0.4 is 0 Å². The van der Waals surface area contributed by atoms with Gasteiger partial charge in [0, 0.05) is 0 Å². The molecule has 3 heteroatoms. The van der Waals surface area contributed by atoms with Gasteiger partial charge in [-0.1, -0.05) is 17.5 Å². The summed E-state index contributed by atoms with van der Waals surface area (Å²) in [7, 11) is 0. The Bertz CT molecular complexity index is 327. The van der Waals surface area contributed by atoms with Gasteiger partial charge >= 0.3 is 0 Å². The lowest BCUT2D eigenvalue weighted by Gasteiger charge is -1.93. The van der Waals surface area contributed by atoms with Crippen molar-refractivity contribution in [1.29, 1.82) is 0 Å². The van der Waals surface area contributed by atoms with E-state index in [1.54, 1.807) is 6.07 Å². The van der Waals surface area contributed by atoms with Gasteiger partial charge in [-0.05, 0) is 12.1 Å². The number of halogens is 1. The van der Waals surface area contributed by atoms with Gasteiger partial charge in [0.05, 0.1) is 5.56 Å². The third kappa shape index (κ3) is 1.57. The van der Waals surface area contributed by atoms with E-state index in [1.165, 1.54) is 6.07 Å². The van der Waals surface area contributed by atoms with E-state index in [1.807, 2.05) is 0 Å². The predicted octanol–water partition coefficient (Wildman–Crippen LogP) is 1.53. The minimum atomic E-state index is 0.149. The summed E-state index contributed by atoms with van der Waals surface area (Å²) in [5.74, 6) is 2.31. The highest BCUT2D eigenvalue weighted by Crippen LogP contribution is 2.10. The van der Waals surface area contributed by atoms with Gasteiger partial charge in [-0.15, -0.1) is 6.42 Å². The fourth-order valence-corrected chi connectivity index (χ4v) is 0.812. The van der Waals surface area contributed by atoms with E-state index in [9.17, 15) is 4.79 Å². The molecule has 0 aromatic carbocycles. The molecule has 2 nitrogen and oxygen atoms in total. The summed E-state index contributed by atoms with van der Waals surface area (Å²) < 4.78 is 0.